The molecule has 5 atom stereocenters. The highest BCUT2D eigenvalue weighted by atomic mass is 35.5. The Morgan fingerprint density at radius 3 is 1.98 bits per heavy atom. The quantitative estimate of drug-likeness (QED) is 0.285. The molecule has 1 aliphatic heterocycles. The van der Waals surface area contributed by atoms with Crippen molar-refractivity contribution in [3.8, 4) is 0 Å². The summed E-state index contributed by atoms with van der Waals surface area (Å²) in [6.45, 7) is 3.04. The number of hydrogen-bond donors (Lipinski definition) is 0. The van der Waals surface area contributed by atoms with E-state index in [-0.39, 0.29) is 24.8 Å². The molecule has 0 N–H and O–H groups in total. The fourth-order valence-electron chi connectivity index (χ4n) is 4.08. The third-order valence-corrected chi connectivity index (χ3v) is 8.09. The van der Waals surface area contributed by atoms with Gasteiger partial charge < -0.3 is 23.7 Å². The van der Waals surface area contributed by atoms with Gasteiger partial charge in [-0.25, -0.2) is 17.8 Å². The Kier molecular flexibility index (Phi) is 10.4. The van der Waals surface area contributed by atoms with Gasteiger partial charge in [0.25, 0.3) is 15.6 Å². The van der Waals surface area contributed by atoms with Crippen molar-refractivity contribution in [1.29, 1.82) is 0 Å². The van der Waals surface area contributed by atoms with Gasteiger partial charge in [-0.1, -0.05) is 23.2 Å². The second kappa shape index (κ2) is 13.2. The number of carbonyl (C=O) groups excluding carboxylic acids is 4. The Morgan fingerprint density at radius 2 is 1.44 bits per heavy atom. The van der Waals surface area contributed by atoms with Crippen molar-refractivity contribution in [3.05, 3.63) is 61.1 Å². The number of hydrogen-bond acceptors (Lipinski definition) is 13. The van der Waals surface area contributed by atoms with Gasteiger partial charge in [-0.3, -0.25) is 24.0 Å². The maximum absolute atomic E-state index is 15.1. The van der Waals surface area contributed by atoms with Gasteiger partial charge in [-0.2, -0.15) is 8.36 Å². The monoisotopic (exact) mass is 668 g/mol. The lowest BCUT2D eigenvalue weighted by Gasteiger charge is -2.44. The van der Waals surface area contributed by atoms with E-state index in [1.807, 2.05) is 0 Å². The third-order valence-electron chi connectivity index (χ3n) is 5.72. The largest absolute Gasteiger partial charge is 0.463 e. The maximum atomic E-state index is 15.1. The van der Waals surface area contributed by atoms with Gasteiger partial charge >= 0.3 is 29.6 Å². The molecular formula is C24H23Cl2FN2O13S. The molecule has 2 aromatic rings. The summed E-state index contributed by atoms with van der Waals surface area (Å²) in [4.78, 5) is 73.6. The van der Waals surface area contributed by atoms with Crippen LogP contribution in [0.25, 0.3) is 0 Å². The van der Waals surface area contributed by atoms with Crippen LogP contribution >= 0.6 is 23.2 Å². The van der Waals surface area contributed by atoms with Crippen LogP contribution < -0.4 is 11.2 Å². The molecule has 1 saturated heterocycles. The smallest absolute Gasteiger partial charge is 0.347 e. The topological polar surface area (TPSA) is 193 Å². The Hall–Kier alpha value is -3.80. The van der Waals surface area contributed by atoms with E-state index >= 15 is 4.39 Å². The summed E-state index contributed by atoms with van der Waals surface area (Å²) in [7, 11) is -4.97. The van der Waals surface area contributed by atoms with E-state index in [4.69, 9.17) is 46.9 Å². The SMILES string of the molecule is CC(=O)OC[C@H]1O[C@@H](n2c(=O)c(F)cn(S(=O)(=O)c3ccc(Cl)c(Cl)c3)c2=O)[C@H](OC(C)=O)[C@@H](OC(C)=O)[C@@H]1OC(C)=O. The minimum Gasteiger partial charge on any atom is -0.463 e. The predicted octanol–water partition coefficient (Wildman–Crippen LogP) is 0.948. The van der Waals surface area contributed by atoms with E-state index < -0.39 is 93.1 Å². The van der Waals surface area contributed by atoms with Gasteiger partial charge in [-0.15, -0.1) is 0 Å². The van der Waals surface area contributed by atoms with Crippen molar-refractivity contribution >= 4 is 57.1 Å². The van der Waals surface area contributed by atoms with Gasteiger partial charge in [0, 0.05) is 27.7 Å². The Morgan fingerprint density at radius 1 is 0.884 bits per heavy atom. The maximum Gasteiger partial charge on any atom is 0.347 e. The molecule has 43 heavy (non-hydrogen) atoms. The molecule has 0 saturated carbocycles. The Labute approximate surface area is 252 Å². The first kappa shape index (κ1) is 33.7. The summed E-state index contributed by atoms with van der Waals surface area (Å²) in [5.74, 6) is -5.72. The number of ether oxygens (including phenoxy) is 5. The zero-order chi connectivity index (χ0) is 32.4. The molecule has 2 heterocycles. The van der Waals surface area contributed by atoms with Crippen LogP contribution in [0.1, 0.15) is 33.9 Å². The number of esters is 4. The van der Waals surface area contributed by atoms with Crippen LogP contribution in [-0.4, -0.2) is 71.9 Å². The van der Waals surface area contributed by atoms with Crippen molar-refractivity contribution in [2.24, 2.45) is 0 Å². The predicted molar refractivity (Wildman–Crippen MR) is 141 cm³/mol. The first-order valence-corrected chi connectivity index (χ1v) is 14.2. The summed E-state index contributed by atoms with van der Waals surface area (Å²) in [6.07, 6.45) is -9.31. The van der Waals surface area contributed by atoms with E-state index in [0.717, 1.165) is 45.9 Å². The number of aromatic nitrogens is 2. The van der Waals surface area contributed by atoms with Crippen LogP contribution in [0.15, 0.2) is 38.9 Å². The molecule has 234 valence electrons. The van der Waals surface area contributed by atoms with E-state index in [9.17, 15) is 37.2 Å². The first-order chi connectivity index (χ1) is 19.9. The molecule has 1 aliphatic rings. The molecule has 0 aliphatic carbocycles. The standard InChI is InChI=1S/C24H23Cl2FN2O13S/c1-10(30)38-9-18-19(39-11(2)31)20(40-12(3)32)21(41-13(4)33)23(42-18)29-22(34)17(27)8-28(24(29)35)43(36,37)14-5-6-15(25)16(26)7-14/h5-8,18-21,23H,9H2,1-4H3/t18-,19-,20+,21-,23-/m1/s1. The van der Waals surface area contributed by atoms with Crippen LogP contribution in [0, 0.1) is 5.82 Å². The molecule has 0 amide bonds. The molecule has 15 nitrogen and oxygen atoms in total. The van der Waals surface area contributed by atoms with Crippen LogP contribution in [-0.2, 0) is 52.9 Å². The molecule has 1 aromatic heterocycles. The van der Waals surface area contributed by atoms with Gasteiger partial charge in [0.1, 0.15) is 12.7 Å². The van der Waals surface area contributed by atoms with Crippen molar-refractivity contribution in [1.82, 2.24) is 8.54 Å². The van der Waals surface area contributed by atoms with Gasteiger partial charge in [0.05, 0.1) is 21.1 Å². The number of benzene rings is 1. The summed E-state index contributed by atoms with van der Waals surface area (Å²) in [6, 6.07) is 2.92. The highest BCUT2D eigenvalue weighted by Gasteiger charge is 2.54. The van der Waals surface area contributed by atoms with Gasteiger partial charge in [-0.05, 0) is 18.2 Å². The van der Waals surface area contributed by atoms with Crippen LogP contribution in [0.3, 0.4) is 0 Å². The van der Waals surface area contributed by atoms with Gasteiger partial charge in [0.2, 0.25) is 5.82 Å². The number of carbonyl (C=O) groups is 4. The van der Waals surface area contributed by atoms with Crippen molar-refractivity contribution in [2.45, 2.75) is 63.2 Å². The second-order valence-electron chi connectivity index (χ2n) is 8.90. The molecule has 1 aromatic carbocycles. The average Bonchev–Trinajstić information content (AvgIpc) is 2.88. The average molecular weight is 669 g/mol. The Balaban J connectivity index is 2.32. The lowest BCUT2D eigenvalue weighted by atomic mass is 9.97. The zero-order valence-corrected chi connectivity index (χ0v) is 25.0. The number of halogens is 3. The molecule has 19 heteroatoms. The highest BCUT2D eigenvalue weighted by molar-refractivity contribution is 7.90. The molecule has 0 unspecified atom stereocenters. The molecular weight excluding hydrogens is 646 g/mol. The zero-order valence-electron chi connectivity index (χ0n) is 22.6. The molecule has 0 bridgehead atoms. The Bertz CT molecular complexity index is 1690. The van der Waals surface area contributed by atoms with E-state index in [1.165, 1.54) is 0 Å². The summed E-state index contributed by atoms with van der Waals surface area (Å²) < 4.78 is 67.9. The molecule has 1 fully saturated rings. The fourth-order valence-corrected chi connectivity index (χ4v) is 5.70. The lowest BCUT2D eigenvalue weighted by Crippen LogP contribution is -2.63. The number of rotatable bonds is 8. The first-order valence-electron chi connectivity index (χ1n) is 12.0. The van der Waals surface area contributed by atoms with Crippen molar-refractivity contribution < 1.29 is 55.7 Å². The summed E-state index contributed by atoms with van der Waals surface area (Å²) in [5.41, 5.74) is -3.47. The molecule has 0 radical (unpaired) electrons. The highest BCUT2D eigenvalue weighted by Crippen LogP contribution is 2.34. The lowest BCUT2D eigenvalue weighted by molar-refractivity contribution is -0.269. The van der Waals surface area contributed by atoms with E-state index in [0.29, 0.717) is 0 Å². The van der Waals surface area contributed by atoms with Gasteiger partial charge in [0.15, 0.2) is 24.5 Å². The third kappa shape index (κ3) is 7.41. The summed E-state index contributed by atoms with van der Waals surface area (Å²) >= 11 is 11.7. The van der Waals surface area contributed by atoms with Crippen LogP contribution in [0.2, 0.25) is 10.0 Å². The van der Waals surface area contributed by atoms with Crippen molar-refractivity contribution in [3.63, 3.8) is 0 Å². The van der Waals surface area contributed by atoms with E-state index in [1.54, 1.807) is 0 Å². The minimum atomic E-state index is -4.97. The molecule has 0 spiro atoms. The normalized spacial score (nSPS) is 21.9. The fraction of sp³-hybridized carbons (Fsp3) is 0.417. The van der Waals surface area contributed by atoms with E-state index in [2.05, 4.69) is 0 Å². The van der Waals surface area contributed by atoms with Crippen LogP contribution in [0.5, 0.6) is 0 Å². The summed E-state index contributed by atoms with van der Waals surface area (Å²) in [5, 5.41) is -0.272. The van der Waals surface area contributed by atoms with Crippen LogP contribution in [0.4, 0.5) is 4.39 Å². The number of nitrogens with zero attached hydrogens (tertiary/aromatic N) is 2. The minimum absolute atomic E-state index is 0.0402. The van der Waals surface area contributed by atoms with Crippen molar-refractivity contribution in [2.75, 3.05) is 6.61 Å². The molecule has 3 rings (SSSR count). The second-order valence-corrected chi connectivity index (χ2v) is 11.5.